The maximum absolute atomic E-state index is 2.48. The van der Waals surface area contributed by atoms with Crippen LogP contribution in [0.2, 0.25) is 13.1 Å². The van der Waals surface area contributed by atoms with E-state index in [2.05, 4.69) is 99.9 Å². The molecule has 2 rings (SSSR count). The Labute approximate surface area is 159 Å². The Bertz CT molecular complexity index is 573. The number of rotatable bonds is 6. The molecule has 1 aliphatic rings. The number of hydrogen-bond acceptors (Lipinski definition) is 2. The summed E-state index contributed by atoms with van der Waals surface area (Å²) in [5, 5.41) is 0. The first-order valence-electron chi connectivity index (χ1n) is 8.89. The highest BCUT2D eigenvalue weighted by Gasteiger charge is 2.40. The molecule has 1 heterocycles. The summed E-state index contributed by atoms with van der Waals surface area (Å²) in [4.78, 5) is 0.863. The largest absolute Gasteiger partial charge is 0.139 e. The molecule has 3 heteroatoms. The molecule has 1 aromatic rings. The second-order valence-electron chi connectivity index (χ2n) is 7.18. The van der Waals surface area contributed by atoms with E-state index in [1.807, 2.05) is 0 Å². The SMILES string of the molecule is CC(C)=CC/C=C(\C)CC1(c2ccccc2)SCCC([Si](C)C)S1. The van der Waals surface area contributed by atoms with Crippen molar-refractivity contribution in [2.24, 2.45) is 0 Å². The summed E-state index contributed by atoms with van der Waals surface area (Å²) < 4.78 is 0.206. The van der Waals surface area contributed by atoms with Gasteiger partial charge in [-0.3, -0.25) is 0 Å². The number of thioether (sulfide) groups is 2. The Balaban J connectivity index is 2.25. The van der Waals surface area contributed by atoms with Crippen LogP contribution in [0.4, 0.5) is 0 Å². The summed E-state index contributed by atoms with van der Waals surface area (Å²) in [6, 6.07) is 11.2. The molecule has 0 N–H and O–H groups in total. The van der Waals surface area contributed by atoms with E-state index in [1.54, 1.807) is 0 Å². The first kappa shape index (κ1) is 19.9. The van der Waals surface area contributed by atoms with Gasteiger partial charge in [0.25, 0.3) is 0 Å². The monoisotopic (exact) mass is 375 g/mol. The molecule has 1 saturated heterocycles. The van der Waals surface area contributed by atoms with Crippen LogP contribution in [0.1, 0.15) is 45.6 Å². The van der Waals surface area contributed by atoms with Crippen LogP contribution in [0.3, 0.4) is 0 Å². The third-order valence-corrected chi connectivity index (χ3v) is 11.0. The fourth-order valence-electron chi connectivity index (χ4n) is 3.03. The summed E-state index contributed by atoms with van der Waals surface area (Å²) in [6.07, 6.45) is 8.35. The highest BCUT2D eigenvalue weighted by atomic mass is 32.2. The minimum absolute atomic E-state index is 0.206. The van der Waals surface area contributed by atoms with Crippen LogP contribution in [-0.2, 0) is 4.08 Å². The Hall–Kier alpha value is -0.383. The molecule has 1 aliphatic heterocycles. The van der Waals surface area contributed by atoms with Gasteiger partial charge in [-0.25, -0.2) is 0 Å². The number of benzene rings is 1. The smallest absolute Gasteiger partial charge is 0.0896 e. The molecule has 1 radical (unpaired) electrons. The van der Waals surface area contributed by atoms with Crippen molar-refractivity contribution in [2.45, 2.75) is 62.1 Å². The van der Waals surface area contributed by atoms with Gasteiger partial charge in [-0.2, -0.15) is 0 Å². The number of allylic oxidation sites excluding steroid dienone is 4. The molecule has 0 aliphatic carbocycles. The van der Waals surface area contributed by atoms with E-state index in [0.29, 0.717) is 0 Å². The zero-order valence-electron chi connectivity index (χ0n) is 15.8. The Morgan fingerprint density at radius 1 is 1.17 bits per heavy atom. The lowest BCUT2D eigenvalue weighted by Gasteiger charge is -2.42. The fourth-order valence-corrected chi connectivity index (χ4v) is 9.38. The number of hydrogen-bond donors (Lipinski definition) is 0. The van der Waals surface area contributed by atoms with E-state index in [9.17, 15) is 0 Å². The highest BCUT2D eigenvalue weighted by molar-refractivity contribution is 8.19. The van der Waals surface area contributed by atoms with E-state index < -0.39 is 0 Å². The standard InChI is InChI=1S/C21H31S2Si/c1-17(2)10-9-11-18(3)16-21(19-12-7-6-8-13-19)22-15-14-20(23-21)24(4)5/h6-8,10-13,20H,9,14-16H2,1-5H3/b18-11+. The van der Waals surface area contributed by atoms with Crippen LogP contribution in [0.25, 0.3) is 0 Å². The van der Waals surface area contributed by atoms with Crippen LogP contribution < -0.4 is 0 Å². The Kier molecular flexibility index (Phi) is 7.77. The second kappa shape index (κ2) is 9.35. The predicted molar refractivity (Wildman–Crippen MR) is 116 cm³/mol. The summed E-state index contributed by atoms with van der Waals surface area (Å²) in [5.41, 5.74) is 4.43. The third-order valence-electron chi connectivity index (χ3n) is 4.41. The lowest BCUT2D eigenvalue weighted by molar-refractivity contribution is 0.822. The average molecular weight is 376 g/mol. The van der Waals surface area contributed by atoms with Crippen molar-refractivity contribution in [2.75, 3.05) is 5.75 Å². The molecule has 1 fully saturated rings. The molecule has 0 saturated carbocycles. The van der Waals surface area contributed by atoms with E-state index >= 15 is 0 Å². The van der Waals surface area contributed by atoms with E-state index in [-0.39, 0.29) is 12.9 Å². The van der Waals surface area contributed by atoms with Crippen molar-refractivity contribution in [3.63, 3.8) is 0 Å². The van der Waals surface area contributed by atoms with Crippen molar-refractivity contribution in [3.05, 3.63) is 59.2 Å². The predicted octanol–water partition coefficient (Wildman–Crippen LogP) is 7.06. The maximum Gasteiger partial charge on any atom is 0.0896 e. The third kappa shape index (κ3) is 5.57. The molecule has 131 valence electrons. The van der Waals surface area contributed by atoms with E-state index in [4.69, 9.17) is 0 Å². The van der Waals surface area contributed by atoms with Crippen LogP contribution in [0.5, 0.6) is 0 Å². The molecule has 0 spiro atoms. The summed E-state index contributed by atoms with van der Waals surface area (Å²) in [7, 11) is -0.255. The minimum Gasteiger partial charge on any atom is -0.139 e. The first-order chi connectivity index (χ1) is 11.4. The van der Waals surface area contributed by atoms with Crippen molar-refractivity contribution >= 4 is 32.3 Å². The molecule has 1 aromatic carbocycles. The van der Waals surface area contributed by atoms with Gasteiger partial charge in [-0.05, 0) is 56.2 Å². The summed E-state index contributed by atoms with van der Waals surface area (Å²) in [6.45, 7) is 11.6. The van der Waals surface area contributed by atoms with Crippen LogP contribution in [-0.4, -0.2) is 19.4 Å². The molecule has 0 nitrogen and oxygen atoms in total. The second-order valence-corrected chi connectivity index (χ2v) is 13.6. The summed E-state index contributed by atoms with van der Waals surface area (Å²) >= 11 is 4.44. The van der Waals surface area contributed by atoms with Gasteiger partial charge in [0.15, 0.2) is 0 Å². The maximum atomic E-state index is 2.48. The average Bonchev–Trinajstić information content (AvgIpc) is 2.55. The van der Waals surface area contributed by atoms with E-state index in [0.717, 1.165) is 17.7 Å². The van der Waals surface area contributed by atoms with Crippen LogP contribution in [0, 0.1) is 0 Å². The first-order valence-corrected chi connectivity index (χ1v) is 13.3. The van der Waals surface area contributed by atoms with Gasteiger partial charge in [-0.15, -0.1) is 23.5 Å². The molecule has 2 atom stereocenters. The molecule has 0 aromatic heterocycles. The van der Waals surface area contributed by atoms with Gasteiger partial charge in [0.05, 0.1) is 12.9 Å². The normalized spacial score (nSPS) is 24.9. The van der Waals surface area contributed by atoms with Crippen molar-refractivity contribution in [1.29, 1.82) is 0 Å². The Morgan fingerprint density at radius 2 is 1.88 bits per heavy atom. The van der Waals surface area contributed by atoms with Gasteiger partial charge >= 0.3 is 0 Å². The Morgan fingerprint density at radius 3 is 2.50 bits per heavy atom. The zero-order valence-corrected chi connectivity index (χ0v) is 18.4. The molecule has 0 bridgehead atoms. The van der Waals surface area contributed by atoms with Gasteiger partial charge in [-0.1, -0.05) is 66.7 Å². The molecule has 24 heavy (non-hydrogen) atoms. The quantitative estimate of drug-likeness (QED) is 0.385. The molecule has 2 unspecified atom stereocenters. The van der Waals surface area contributed by atoms with Crippen molar-refractivity contribution in [1.82, 2.24) is 0 Å². The highest BCUT2D eigenvalue weighted by Crippen LogP contribution is 2.56. The topological polar surface area (TPSA) is 0 Å². The fraction of sp³-hybridized carbons (Fsp3) is 0.524. The van der Waals surface area contributed by atoms with E-state index in [1.165, 1.54) is 28.9 Å². The van der Waals surface area contributed by atoms with Crippen LogP contribution in [0.15, 0.2) is 53.6 Å². The summed E-state index contributed by atoms with van der Waals surface area (Å²) in [5.74, 6) is 1.30. The van der Waals surface area contributed by atoms with Gasteiger partial charge in [0.2, 0.25) is 0 Å². The van der Waals surface area contributed by atoms with Gasteiger partial charge in [0.1, 0.15) is 0 Å². The lowest BCUT2D eigenvalue weighted by atomic mass is 10.0. The lowest BCUT2D eigenvalue weighted by Crippen LogP contribution is -2.34. The minimum atomic E-state index is -0.255. The molecule has 0 amide bonds. The molecular formula is C21H31S2Si. The van der Waals surface area contributed by atoms with Crippen LogP contribution >= 0.6 is 23.5 Å². The molecular weight excluding hydrogens is 344 g/mol. The van der Waals surface area contributed by atoms with Crippen molar-refractivity contribution in [3.8, 4) is 0 Å². The van der Waals surface area contributed by atoms with Crippen molar-refractivity contribution < 1.29 is 0 Å². The zero-order chi connectivity index (χ0) is 17.6. The van der Waals surface area contributed by atoms with Gasteiger partial charge in [0, 0.05) is 0 Å². The van der Waals surface area contributed by atoms with Gasteiger partial charge < -0.3 is 0 Å².